The molecule has 2 unspecified atom stereocenters. The van der Waals surface area contributed by atoms with Crippen LogP contribution in [0, 0.1) is 5.92 Å². The number of hydrogen-bond donors (Lipinski definition) is 0. The van der Waals surface area contributed by atoms with Gasteiger partial charge in [-0.2, -0.15) is 0 Å². The van der Waals surface area contributed by atoms with Gasteiger partial charge in [-0.05, 0) is 60.3 Å². The van der Waals surface area contributed by atoms with E-state index >= 15 is 0 Å². The molecule has 2 nitrogen and oxygen atoms in total. The molecule has 3 aromatic rings. The molecule has 0 N–H and O–H groups in total. The van der Waals surface area contributed by atoms with Crippen LogP contribution in [0.15, 0.2) is 95.9 Å². The van der Waals surface area contributed by atoms with E-state index in [1.165, 1.54) is 4.90 Å². The summed E-state index contributed by atoms with van der Waals surface area (Å²) in [5, 5.41) is 0. The number of hydrogen-bond acceptors (Lipinski definition) is 2. The third-order valence-corrected chi connectivity index (χ3v) is 7.24. The zero-order valence-corrected chi connectivity index (χ0v) is 19.7. The van der Waals surface area contributed by atoms with E-state index < -0.39 is 0 Å². The quantitative estimate of drug-likeness (QED) is 0.262. The molecule has 1 amide bonds. The van der Waals surface area contributed by atoms with Crippen LogP contribution in [0.3, 0.4) is 0 Å². The van der Waals surface area contributed by atoms with E-state index in [2.05, 4.69) is 85.5 Å². The minimum atomic E-state index is 0.0706. The van der Waals surface area contributed by atoms with Gasteiger partial charge in [-0.25, -0.2) is 0 Å². The molecule has 4 rings (SSSR count). The summed E-state index contributed by atoms with van der Waals surface area (Å²) in [5.41, 5.74) is 4.16. The summed E-state index contributed by atoms with van der Waals surface area (Å²) in [5.74, 6) is 1.73. The van der Waals surface area contributed by atoms with Gasteiger partial charge in [0.05, 0.1) is 11.6 Å². The van der Waals surface area contributed by atoms with Gasteiger partial charge in [0.15, 0.2) is 0 Å². The fourth-order valence-corrected chi connectivity index (χ4v) is 5.39. The Hall–Kier alpha value is -2.78. The molecule has 0 radical (unpaired) electrons. The summed E-state index contributed by atoms with van der Waals surface area (Å²) in [7, 11) is 0. The Morgan fingerprint density at radius 3 is 2.03 bits per heavy atom. The Balaban J connectivity index is 1.44. The van der Waals surface area contributed by atoms with Crippen LogP contribution in [-0.4, -0.2) is 29.1 Å². The van der Waals surface area contributed by atoms with Crippen molar-refractivity contribution < 1.29 is 4.79 Å². The van der Waals surface area contributed by atoms with E-state index in [4.69, 9.17) is 0 Å². The van der Waals surface area contributed by atoms with Gasteiger partial charge >= 0.3 is 0 Å². The number of carbonyl (C=O) groups is 1. The van der Waals surface area contributed by atoms with Gasteiger partial charge in [-0.15, -0.1) is 11.8 Å². The Kier molecular flexibility index (Phi) is 7.49. The average molecular weight is 442 g/mol. The van der Waals surface area contributed by atoms with Crippen LogP contribution in [0.1, 0.15) is 37.8 Å². The molecule has 2 atom stereocenters. The highest BCUT2D eigenvalue weighted by Gasteiger charge is 2.38. The van der Waals surface area contributed by atoms with Crippen molar-refractivity contribution in [2.75, 3.05) is 12.3 Å². The van der Waals surface area contributed by atoms with Crippen molar-refractivity contribution >= 4 is 28.8 Å². The first-order valence-electron chi connectivity index (χ1n) is 11.5. The first-order valence-corrected chi connectivity index (χ1v) is 12.5. The Morgan fingerprint density at radius 2 is 1.41 bits per heavy atom. The van der Waals surface area contributed by atoms with Crippen molar-refractivity contribution in [3.05, 3.63) is 102 Å². The smallest absolute Gasteiger partial charge is 0.255 e. The van der Waals surface area contributed by atoms with Crippen LogP contribution in [-0.2, 0) is 4.79 Å². The summed E-state index contributed by atoms with van der Waals surface area (Å²) in [6, 6.07) is 31.2. The minimum Gasteiger partial charge on any atom is -0.332 e. The molecule has 0 spiro atoms. The second-order valence-corrected chi connectivity index (χ2v) is 9.73. The Morgan fingerprint density at radius 1 is 0.844 bits per heavy atom. The highest BCUT2D eigenvalue weighted by atomic mass is 32.2. The number of rotatable bonds is 9. The topological polar surface area (TPSA) is 20.3 Å². The number of carbonyl (C=O) groups excluding carboxylic acids is 1. The second-order valence-electron chi connectivity index (χ2n) is 8.56. The third kappa shape index (κ3) is 5.16. The molecule has 0 saturated heterocycles. The van der Waals surface area contributed by atoms with Gasteiger partial charge in [0, 0.05) is 11.4 Å². The number of nitrogens with zero attached hydrogens (tertiary/aromatic N) is 1. The molecule has 1 aliphatic rings. The zero-order chi connectivity index (χ0) is 22.3. The van der Waals surface area contributed by atoms with Gasteiger partial charge < -0.3 is 4.90 Å². The van der Waals surface area contributed by atoms with E-state index in [-0.39, 0.29) is 11.9 Å². The lowest BCUT2D eigenvalue weighted by molar-refractivity contribution is -0.125. The van der Waals surface area contributed by atoms with Crippen LogP contribution < -0.4 is 0 Å². The fraction of sp³-hybridized carbons (Fsp3) is 0.276. The minimum absolute atomic E-state index is 0.0706. The van der Waals surface area contributed by atoms with Crippen molar-refractivity contribution in [1.82, 2.24) is 4.90 Å². The SMILES string of the molecule is CC(CCCSc1ccccc1)CN1C(=O)C(c2ccccc2)=C(c2ccccc2)C1C. The largest absolute Gasteiger partial charge is 0.332 e. The lowest BCUT2D eigenvalue weighted by atomic mass is 9.93. The van der Waals surface area contributed by atoms with Crippen molar-refractivity contribution in [2.24, 2.45) is 5.92 Å². The molecule has 1 aliphatic heterocycles. The molecule has 3 aromatic carbocycles. The normalized spacial score (nSPS) is 17.1. The molecule has 0 aromatic heterocycles. The molecule has 0 bridgehead atoms. The first-order chi connectivity index (χ1) is 15.6. The van der Waals surface area contributed by atoms with Crippen molar-refractivity contribution in [1.29, 1.82) is 0 Å². The van der Waals surface area contributed by atoms with Gasteiger partial charge in [0.2, 0.25) is 0 Å². The van der Waals surface area contributed by atoms with Gasteiger partial charge in [0.25, 0.3) is 5.91 Å². The van der Waals surface area contributed by atoms with E-state index in [0.717, 1.165) is 47.4 Å². The summed E-state index contributed by atoms with van der Waals surface area (Å²) in [4.78, 5) is 17.0. The lowest BCUT2D eigenvalue weighted by Crippen LogP contribution is -2.37. The molecule has 0 aliphatic carbocycles. The summed E-state index contributed by atoms with van der Waals surface area (Å²) in [6.07, 6.45) is 2.28. The maximum atomic E-state index is 13.6. The van der Waals surface area contributed by atoms with Gasteiger partial charge in [-0.3, -0.25) is 4.79 Å². The van der Waals surface area contributed by atoms with E-state index in [1.54, 1.807) is 0 Å². The van der Waals surface area contributed by atoms with Gasteiger partial charge in [0.1, 0.15) is 0 Å². The predicted molar refractivity (Wildman–Crippen MR) is 136 cm³/mol. The van der Waals surface area contributed by atoms with E-state index in [0.29, 0.717) is 5.92 Å². The van der Waals surface area contributed by atoms with Crippen LogP contribution in [0.5, 0.6) is 0 Å². The highest BCUT2D eigenvalue weighted by molar-refractivity contribution is 7.99. The number of benzene rings is 3. The maximum absolute atomic E-state index is 13.6. The molecular formula is C29H31NOS. The molecule has 32 heavy (non-hydrogen) atoms. The van der Waals surface area contributed by atoms with Crippen LogP contribution >= 0.6 is 11.8 Å². The van der Waals surface area contributed by atoms with Crippen LogP contribution in [0.4, 0.5) is 0 Å². The molecule has 164 valence electrons. The number of thioether (sulfide) groups is 1. The van der Waals surface area contributed by atoms with E-state index in [1.807, 2.05) is 36.0 Å². The highest BCUT2D eigenvalue weighted by Crippen LogP contribution is 2.39. The molecular weight excluding hydrogens is 410 g/mol. The van der Waals surface area contributed by atoms with Crippen molar-refractivity contribution in [3.8, 4) is 0 Å². The third-order valence-electron chi connectivity index (χ3n) is 6.14. The Bertz CT molecular complexity index is 1050. The van der Waals surface area contributed by atoms with E-state index in [9.17, 15) is 4.79 Å². The fourth-order valence-electron chi connectivity index (χ4n) is 4.49. The van der Waals surface area contributed by atoms with Crippen LogP contribution in [0.2, 0.25) is 0 Å². The maximum Gasteiger partial charge on any atom is 0.255 e. The molecule has 0 saturated carbocycles. The van der Waals surface area contributed by atoms with Crippen molar-refractivity contribution in [3.63, 3.8) is 0 Å². The molecule has 1 heterocycles. The van der Waals surface area contributed by atoms with Gasteiger partial charge in [-0.1, -0.05) is 85.8 Å². The second kappa shape index (κ2) is 10.7. The predicted octanol–water partition coefficient (Wildman–Crippen LogP) is 7.04. The first kappa shape index (κ1) is 22.4. The summed E-state index contributed by atoms with van der Waals surface area (Å²) in [6.45, 7) is 5.24. The summed E-state index contributed by atoms with van der Waals surface area (Å²) < 4.78 is 0. The zero-order valence-electron chi connectivity index (χ0n) is 18.9. The summed E-state index contributed by atoms with van der Waals surface area (Å²) >= 11 is 1.91. The molecule has 3 heteroatoms. The Labute approximate surface area is 196 Å². The molecule has 0 fully saturated rings. The van der Waals surface area contributed by atoms with Crippen LogP contribution in [0.25, 0.3) is 11.1 Å². The standard InChI is InChI=1S/C29H31NOS/c1-22(13-12-20-32-26-18-10-5-11-19-26)21-30-23(2)27(24-14-6-3-7-15-24)28(29(30)31)25-16-8-4-9-17-25/h3-11,14-19,22-23H,12-13,20-21H2,1-2H3. The number of amides is 1. The lowest BCUT2D eigenvalue weighted by Gasteiger charge is -2.27. The average Bonchev–Trinajstić information content (AvgIpc) is 3.08. The van der Waals surface area contributed by atoms with Crippen molar-refractivity contribution in [2.45, 2.75) is 37.6 Å². The monoisotopic (exact) mass is 441 g/mol.